The summed E-state index contributed by atoms with van der Waals surface area (Å²) in [5.74, 6) is 0.188. The van der Waals surface area contributed by atoms with Crippen LogP contribution in [0.15, 0.2) is 35.6 Å². The zero-order valence-electron chi connectivity index (χ0n) is 13.3. The van der Waals surface area contributed by atoms with Crippen molar-refractivity contribution in [2.45, 2.75) is 27.2 Å². The molecular weight excluding hydrogens is 280 g/mol. The molecule has 0 radical (unpaired) electrons. The lowest BCUT2D eigenvalue weighted by molar-refractivity contribution is -0.384. The number of benzene rings is 1. The molecule has 0 bridgehead atoms. The van der Waals surface area contributed by atoms with Gasteiger partial charge in [-0.1, -0.05) is 19.6 Å². The Labute approximate surface area is 130 Å². The van der Waals surface area contributed by atoms with E-state index in [9.17, 15) is 10.1 Å². The number of nitro groups is 1. The summed E-state index contributed by atoms with van der Waals surface area (Å²) in [5.41, 5.74) is 6.15. The van der Waals surface area contributed by atoms with Gasteiger partial charge in [-0.2, -0.15) is 5.10 Å². The normalized spacial score (nSPS) is 17.7. The molecule has 1 aromatic carbocycles. The van der Waals surface area contributed by atoms with Crippen molar-refractivity contribution >= 4 is 17.1 Å². The summed E-state index contributed by atoms with van der Waals surface area (Å²) < 4.78 is 0. The molecule has 6 nitrogen and oxygen atoms in total. The number of anilines is 1. The van der Waals surface area contributed by atoms with E-state index in [-0.39, 0.29) is 16.5 Å². The summed E-state index contributed by atoms with van der Waals surface area (Å²) in [6, 6.07) is 5.35. The number of hydrogen-bond donors (Lipinski definition) is 1. The Morgan fingerprint density at radius 1 is 1.45 bits per heavy atom. The largest absolute Gasteiger partial charge is 0.367 e. The summed E-state index contributed by atoms with van der Waals surface area (Å²) >= 11 is 0. The highest BCUT2D eigenvalue weighted by atomic mass is 16.6. The molecule has 2 rings (SSSR count). The molecule has 0 unspecified atom stereocenters. The second-order valence-corrected chi connectivity index (χ2v) is 5.45. The van der Waals surface area contributed by atoms with Gasteiger partial charge in [0.05, 0.1) is 10.6 Å². The maximum atomic E-state index is 11.4. The standard InChI is InChI=1S/C16H22N4O2/c1-5-19(6-2)14-8-7-13(10-15(14)20(21)22)16-11(3)9-12(4)17-18-16/h7-8,10-11,17H,4-6,9H2,1-3H3/t11-/m1/s1. The van der Waals surface area contributed by atoms with E-state index < -0.39 is 0 Å². The molecule has 1 heterocycles. The lowest BCUT2D eigenvalue weighted by Crippen LogP contribution is -2.26. The molecular formula is C16H22N4O2. The lowest BCUT2D eigenvalue weighted by Gasteiger charge is -2.24. The van der Waals surface area contributed by atoms with Crippen LogP contribution in [0.3, 0.4) is 0 Å². The van der Waals surface area contributed by atoms with Gasteiger partial charge < -0.3 is 4.90 Å². The highest BCUT2D eigenvalue weighted by Gasteiger charge is 2.24. The Morgan fingerprint density at radius 3 is 2.68 bits per heavy atom. The van der Waals surface area contributed by atoms with E-state index in [2.05, 4.69) is 24.0 Å². The second kappa shape index (κ2) is 6.60. The van der Waals surface area contributed by atoms with Crippen molar-refractivity contribution in [3.8, 4) is 0 Å². The van der Waals surface area contributed by atoms with Gasteiger partial charge in [-0.15, -0.1) is 0 Å². The van der Waals surface area contributed by atoms with Crippen LogP contribution in [0.5, 0.6) is 0 Å². The average Bonchev–Trinajstić information content (AvgIpc) is 2.49. The topological polar surface area (TPSA) is 70.8 Å². The van der Waals surface area contributed by atoms with E-state index in [4.69, 9.17) is 0 Å². The average molecular weight is 302 g/mol. The molecule has 0 aromatic heterocycles. The molecule has 22 heavy (non-hydrogen) atoms. The fraction of sp³-hybridized carbons (Fsp3) is 0.438. The zero-order valence-corrected chi connectivity index (χ0v) is 13.3. The van der Waals surface area contributed by atoms with Crippen LogP contribution in [0, 0.1) is 16.0 Å². The third-order valence-electron chi connectivity index (χ3n) is 3.93. The predicted molar refractivity (Wildman–Crippen MR) is 89.3 cm³/mol. The second-order valence-electron chi connectivity index (χ2n) is 5.45. The van der Waals surface area contributed by atoms with Crippen LogP contribution >= 0.6 is 0 Å². The summed E-state index contributed by atoms with van der Waals surface area (Å²) in [5, 5.41) is 15.7. The van der Waals surface area contributed by atoms with Crippen molar-refractivity contribution in [2.24, 2.45) is 11.0 Å². The van der Waals surface area contributed by atoms with Gasteiger partial charge in [0.25, 0.3) is 5.69 Å². The fourth-order valence-electron chi connectivity index (χ4n) is 2.77. The molecule has 0 fully saturated rings. The summed E-state index contributed by atoms with van der Waals surface area (Å²) in [7, 11) is 0. The van der Waals surface area contributed by atoms with Crippen LogP contribution in [-0.4, -0.2) is 23.7 Å². The summed E-state index contributed by atoms with van der Waals surface area (Å²) in [6.07, 6.45) is 0.782. The van der Waals surface area contributed by atoms with Crippen LogP contribution in [-0.2, 0) is 0 Å². The predicted octanol–water partition coefficient (Wildman–Crippen LogP) is 3.29. The first-order valence-corrected chi connectivity index (χ1v) is 7.53. The molecule has 0 saturated heterocycles. The van der Waals surface area contributed by atoms with Crippen molar-refractivity contribution in [1.82, 2.24) is 5.43 Å². The van der Waals surface area contributed by atoms with Crippen LogP contribution in [0.1, 0.15) is 32.8 Å². The van der Waals surface area contributed by atoms with Gasteiger partial charge >= 0.3 is 0 Å². The number of nitro benzene ring substituents is 1. The third-order valence-corrected chi connectivity index (χ3v) is 3.93. The Hall–Kier alpha value is -2.37. The van der Waals surface area contributed by atoms with Gasteiger partial charge in [0.1, 0.15) is 5.69 Å². The number of rotatable bonds is 5. The lowest BCUT2D eigenvalue weighted by atomic mass is 9.93. The molecule has 118 valence electrons. The molecule has 1 aliphatic heterocycles. The minimum atomic E-state index is -0.322. The molecule has 1 atom stereocenters. The fourth-order valence-corrected chi connectivity index (χ4v) is 2.77. The summed E-state index contributed by atoms with van der Waals surface area (Å²) in [4.78, 5) is 13.1. The molecule has 0 aliphatic carbocycles. The molecule has 6 heteroatoms. The van der Waals surface area contributed by atoms with Gasteiger partial charge in [0, 0.05) is 36.3 Å². The van der Waals surface area contributed by atoms with E-state index in [1.54, 1.807) is 6.07 Å². The third kappa shape index (κ3) is 3.10. The molecule has 1 aromatic rings. The highest BCUT2D eigenvalue weighted by molar-refractivity contribution is 6.03. The molecule has 1 N–H and O–H groups in total. The van der Waals surface area contributed by atoms with Gasteiger partial charge in [-0.3, -0.25) is 15.5 Å². The maximum absolute atomic E-state index is 11.4. The minimum Gasteiger partial charge on any atom is -0.367 e. The van der Waals surface area contributed by atoms with Gasteiger partial charge in [-0.05, 0) is 26.3 Å². The number of allylic oxidation sites excluding steroid dienone is 1. The number of hydrazone groups is 1. The van der Waals surface area contributed by atoms with Gasteiger partial charge in [0.15, 0.2) is 0 Å². The monoisotopic (exact) mass is 302 g/mol. The van der Waals surface area contributed by atoms with Crippen molar-refractivity contribution in [3.63, 3.8) is 0 Å². The number of nitrogens with zero attached hydrogens (tertiary/aromatic N) is 3. The highest BCUT2D eigenvalue weighted by Crippen LogP contribution is 2.31. The minimum absolute atomic E-state index is 0.125. The van der Waals surface area contributed by atoms with Crippen molar-refractivity contribution in [2.75, 3.05) is 18.0 Å². The van der Waals surface area contributed by atoms with Crippen molar-refractivity contribution < 1.29 is 4.92 Å². The van der Waals surface area contributed by atoms with E-state index >= 15 is 0 Å². The van der Waals surface area contributed by atoms with E-state index in [1.165, 1.54) is 0 Å². The first-order chi connectivity index (χ1) is 10.5. The van der Waals surface area contributed by atoms with Crippen molar-refractivity contribution in [1.29, 1.82) is 0 Å². The number of nitrogens with one attached hydrogen (secondary N) is 1. The molecule has 0 spiro atoms. The van der Waals surface area contributed by atoms with Gasteiger partial charge in [-0.25, -0.2) is 0 Å². The Kier molecular flexibility index (Phi) is 4.80. The Morgan fingerprint density at radius 2 is 2.14 bits per heavy atom. The van der Waals surface area contributed by atoms with E-state index in [0.29, 0.717) is 5.69 Å². The first-order valence-electron chi connectivity index (χ1n) is 7.53. The van der Waals surface area contributed by atoms with E-state index in [1.807, 2.05) is 30.9 Å². The quantitative estimate of drug-likeness (QED) is 0.669. The SMILES string of the molecule is C=C1C[C@@H](C)C(c2ccc(N(CC)CC)c([N+](=O)[O-])c2)=NN1. The zero-order chi connectivity index (χ0) is 16.3. The maximum Gasteiger partial charge on any atom is 0.293 e. The van der Waals surface area contributed by atoms with Crippen LogP contribution in [0.25, 0.3) is 0 Å². The smallest absolute Gasteiger partial charge is 0.293 e. The Balaban J connectivity index is 2.46. The summed E-state index contributed by atoms with van der Waals surface area (Å²) in [6.45, 7) is 11.4. The Bertz CT molecular complexity index is 621. The first kappa shape index (κ1) is 16.0. The van der Waals surface area contributed by atoms with Crippen LogP contribution in [0.2, 0.25) is 0 Å². The van der Waals surface area contributed by atoms with Gasteiger partial charge in [0.2, 0.25) is 0 Å². The van der Waals surface area contributed by atoms with E-state index in [0.717, 1.165) is 36.5 Å². The molecule has 1 aliphatic rings. The van der Waals surface area contributed by atoms with Crippen LogP contribution < -0.4 is 10.3 Å². The molecule has 0 amide bonds. The number of hydrogen-bond acceptors (Lipinski definition) is 5. The molecule has 0 saturated carbocycles. The van der Waals surface area contributed by atoms with Crippen LogP contribution in [0.4, 0.5) is 11.4 Å². The van der Waals surface area contributed by atoms with Crippen molar-refractivity contribution in [3.05, 3.63) is 46.2 Å².